The SMILES string of the molecule is COCC1=C(C(=O)OC)[C@H](c2ccc(F)c(F)c2)N(C(O)N[C@@H]2CCN(C3CCC(c4ccc(F)cc4)CC3)C2)C(=O)N1. The molecule has 0 aromatic heterocycles. The average Bonchev–Trinajstić information content (AvgIpc) is 3.47. The number of aliphatic hydroxyl groups is 1. The maximum absolute atomic E-state index is 14.3. The topological polar surface area (TPSA) is 103 Å². The summed E-state index contributed by atoms with van der Waals surface area (Å²) in [6.45, 7) is 1.29. The Balaban J connectivity index is 1.29. The number of likely N-dealkylation sites (tertiary alicyclic amines) is 1. The van der Waals surface area contributed by atoms with Crippen LogP contribution in [0.15, 0.2) is 53.7 Å². The number of halogens is 3. The van der Waals surface area contributed by atoms with E-state index in [1.807, 2.05) is 12.1 Å². The first-order chi connectivity index (χ1) is 20.7. The molecule has 12 heteroatoms. The molecular weight excluding hydrogens is 565 g/mol. The summed E-state index contributed by atoms with van der Waals surface area (Å²) < 4.78 is 51.6. The molecule has 5 rings (SSSR count). The van der Waals surface area contributed by atoms with E-state index in [1.54, 1.807) is 0 Å². The Bertz CT molecular complexity index is 1350. The van der Waals surface area contributed by atoms with Crippen LogP contribution >= 0.6 is 0 Å². The lowest BCUT2D eigenvalue weighted by molar-refractivity contribution is -0.137. The minimum atomic E-state index is -1.57. The number of nitrogens with zero attached hydrogens (tertiary/aromatic N) is 2. The van der Waals surface area contributed by atoms with Crippen LogP contribution < -0.4 is 10.6 Å². The number of rotatable bonds is 9. The number of carbonyl (C=O) groups is 2. The Morgan fingerprint density at radius 1 is 1.02 bits per heavy atom. The highest BCUT2D eigenvalue weighted by atomic mass is 19.2. The summed E-state index contributed by atoms with van der Waals surface area (Å²) in [7, 11) is 2.54. The second kappa shape index (κ2) is 13.5. The van der Waals surface area contributed by atoms with Crippen molar-refractivity contribution in [2.24, 2.45) is 0 Å². The van der Waals surface area contributed by atoms with E-state index in [0.717, 1.165) is 68.4 Å². The zero-order chi connectivity index (χ0) is 30.7. The summed E-state index contributed by atoms with van der Waals surface area (Å²) >= 11 is 0. The number of benzene rings is 2. The van der Waals surface area contributed by atoms with Gasteiger partial charge in [0.15, 0.2) is 18.0 Å². The van der Waals surface area contributed by atoms with Crippen LogP contribution in [-0.4, -0.2) is 79.3 Å². The van der Waals surface area contributed by atoms with Gasteiger partial charge in [0.1, 0.15) is 5.82 Å². The Labute approximate surface area is 248 Å². The van der Waals surface area contributed by atoms with Crippen molar-refractivity contribution in [2.45, 2.75) is 62.5 Å². The summed E-state index contributed by atoms with van der Waals surface area (Å²) in [4.78, 5) is 29.7. The lowest BCUT2D eigenvalue weighted by atomic mass is 9.81. The fourth-order valence-corrected chi connectivity index (χ4v) is 6.60. The zero-order valence-corrected chi connectivity index (χ0v) is 24.2. The van der Waals surface area contributed by atoms with Gasteiger partial charge in [0.2, 0.25) is 0 Å². The lowest BCUT2D eigenvalue weighted by Crippen LogP contribution is -2.59. The van der Waals surface area contributed by atoms with E-state index < -0.39 is 36.0 Å². The number of urea groups is 1. The van der Waals surface area contributed by atoms with Crippen molar-refractivity contribution in [3.8, 4) is 0 Å². The maximum atomic E-state index is 14.3. The standard InChI is InChI=1S/C31H37F3N4O5/c1-42-17-26-27(29(39)43-2)28(20-7-12-24(33)25(34)15-20)38(31(41)36-26)30(40)35-22-13-14-37(16-22)23-10-5-19(6-11-23)18-3-8-21(32)9-4-18/h3-4,7-9,12,15,19,22-23,28,30,35,40H,5-6,10-11,13-14,16-17H2,1-2H3,(H,36,41)/t19?,22-,23?,28+,30?/m1/s1. The Hall–Kier alpha value is -3.45. The molecular formula is C31H37F3N4O5. The molecule has 2 aliphatic heterocycles. The van der Waals surface area contributed by atoms with Crippen molar-refractivity contribution in [1.82, 2.24) is 20.4 Å². The first-order valence-electron chi connectivity index (χ1n) is 14.5. The van der Waals surface area contributed by atoms with E-state index in [2.05, 4.69) is 15.5 Å². The summed E-state index contributed by atoms with van der Waals surface area (Å²) in [6.07, 6.45) is 3.16. The van der Waals surface area contributed by atoms with Gasteiger partial charge in [0, 0.05) is 32.3 Å². The number of hydrogen-bond donors (Lipinski definition) is 3. The third kappa shape index (κ3) is 6.72. The van der Waals surface area contributed by atoms with Gasteiger partial charge in [0.25, 0.3) is 0 Å². The number of aliphatic hydroxyl groups excluding tert-OH is 1. The van der Waals surface area contributed by atoms with E-state index >= 15 is 0 Å². The molecule has 0 spiro atoms. The van der Waals surface area contributed by atoms with E-state index in [9.17, 15) is 27.9 Å². The molecule has 1 unspecified atom stereocenters. The number of ether oxygens (including phenoxy) is 2. The molecule has 2 amide bonds. The Kier molecular flexibility index (Phi) is 9.70. The van der Waals surface area contributed by atoms with Crippen molar-refractivity contribution in [3.05, 3.63) is 82.3 Å². The second-order valence-corrected chi connectivity index (χ2v) is 11.3. The maximum Gasteiger partial charge on any atom is 0.338 e. The highest BCUT2D eigenvalue weighted by molar-refractivity contribution is 5.95. The predicted octanol–water partition coefficient (Wildman–Crippen LogP) is 3.91. The molecule has 1 saturated heterocycles. The fraction of sp³-hybridized carbons (Fsp3) is 0.484. The van der Waals surface area contributed by atoms with Crippen molar-refractivity contribution < 1.29 is 37.3 Å². The van der Waals surface area contributed by atoms with Crippen LogP contribution in [0.1, 0.15) is 55.2 Å². The van der Waals surface area contributed by atoms with Gasteiger partial charge >= 0.3 is 12.0 Å². The minimum absolute atomic E-state index is 0.0678. The monoisotopic (exact) mass is 602 g/mol. The molecule has 43 heavy (non-hydrogen) atoms. The van der Waals surface area contributed by atoms with Gasteiger partial charge in [-0.05, 0) is 73.4 Å². The van der Waals surface area contributed by atoms with Gasteiger partial charge in [0.05, 0.1) is 31.0 Å². The highest BCUT2D eigenvalue weighted by Crippen LogP contribution is 2.38. The molecule has 1 aliphatic carbocycles. The van der Waals surface area contributed by atoms with Gasteiger partial charge in [-0.15, -0.1) is 0 Å². The van der Waals surface area contributed by atoms with E-state index in [1.165, 1.54) is 25.3 Å². The normalized spacial score (nSPS) is 25.5. The highest BCUT2D eigenvalue weighted by Gasteiger charge is 2.44. The summed E-state index contributed by atoms with van der Waals surface area (Å²) in [5.74, 6) is -2.90. The van der Waals surface area contributed by atoms with Crippen molar-refractivity contribution in [3.63, 3.8) is 0 Å². The third-order valence-electron chi connectivity index (χ3n) is 8.74. The molecule has 2 aromatic carbocycles. The van der Waals surface area contributed by atoms with Crippen LogP contribution in [0, 0.1) is 17.5 Å². The van der Waals surface area contributed by atoms with Crippen molar-refractivity contribution in [1.29, 1.82) is 0 Å². The number of carbonyl (C=O) groups excluding carboxylic acids is 2. The van der Waals surface area contributed by atoms with Gasteiger partial charge in [-0.25, -0.2) is 22.8 Å². The number of nitrogens with one attached hydrogen (secondary N) is 2. The molecule has 0 radical (unpaired) electrons. The number of amides is 2. The van der Waals surface area contributed by atoms with Crippen molar-refractivity contribution in [2.75, 3.05) is 33.9 Å². The van der Waals surface area contributed by atoms with Gasteiger partial charge in [-0.1, -0.05) is 18.2 Å². The van der Waals surface area contributed by atoms with E-state index in [-0.39, 0.29) is 35.3 Å². The lowest BCUT2D eigenvalue weighted by Gasteiger charge is -2.41. The number of hydrogen-bond acceptors (Lipinski definition) is 7. The molecule has 232 valence electrons. The van der Waals surface area contributed by atoms with Crippen LogP contribution in [0.5, 0.6) is 0 Å². The van der Waals surface area contributed by atoms with Crippen LogP contribution in [0.4, 0.5) is 18.0 Å². The largest absolute Gasteiger partial charge is 0.466 e. The molecule has 3 atom stereocenters. The molecule has 2 fully saturated rings. The predicted molar refractivity (Wildman–Crippen MR) is 151 cm³/mol. The molecule has 2 aromatic rings. The minimum Gasteiger partial charge on any atom is -0.466 e. The van der Waals surface area contributed by atoms with Crippen molar-refractivity contribution >= 4 is 12.0 Å². The van der Waals surface area contributed by atoms with Crippen LogP contribution in [-0.2, 0) is 14.3 Å². The third-order valence-corrected chi connectivity index (χ3v) is 8.74. The molecule has 3 aliphatic rings. The Morgan fingerprint density at radius 3 is 2.37 bits per heavy atom. The number of methoxy groups -OCH3 is 2. The van der Waals surface area contributed by atoms with E-state index in [4.69, 9.17) is 9.47 Å². The summed E-state index contributed by atoms with van der Waals surface area (Å²) in [5, 5.41) is 17.1. The number of esters is 1. The second-order valence-electron chi connectivity index (χ2n) is 11.3. The molecule has 9 nitrogen and oxygen atoms in total. The van der Waals surface area contributed by atoms with Crippen LogP contribution in [0.3, 0.4) is 0 Å². The van der Waals surface area contributed by atoms with Gasteiger partial charge < -0.3 is 19.9 Å². The zero-order valence-electron chi connectivity index (χ0n) is 24.2. The smallest absolute Gasteiger partial charge is 0.338 e. The fourth-order valence-electron chi connectivity index (χ4n) is 6.60. The van der Waals surface area contributed by atoms with Gasteiger partial charge in [-0.2, -0.15) is 0 Å². The molecule has 3 N–H and O–H groups in total. The quantitative estimate of drug-likeness (QED) is 0.296. The molecule has 0 bridgehead atoms. The van der Waals surface area contributed by atoms with Gasteiger partial charge in [-0.3, -0.25) is 15.1 Å². The average molecular weight is 603 g/mol. The summed E-state index contributed by atoms with van der Waals surface area (Å²) in [6, 6.07) is 7.96. The van der Waals surface area contributed by atoms with E-state index in [0.29, 0.717) is 18.5 Å². The molecule has 1 saturated carbocycles. The van der Waals surface area contributed by atoms with Crippen LogP contribution in [0.2, 0.25) is 0 Å². The summed E-state index contributed by atoms with van der Waals surface area (Å²) in [5.41, 5.74) is 1.27. The van der Waals surface area contributed by atoms with Crippen LogP contribution in [0.25, 0.3) is 0 Å². The first kappa shape index (κ1) is 31.0. The first-order valence-corrected chi connectivity index (χ1v) is 14.5. The Morgan fingerprint density at radius 2 is 1.72 bits per heavy atom. The molecule has 2 heterocycles.